The molecule has 1 fully saturated rings. The Labute approximate surface area is 192 Å². The van der Waals surface area contributed by atoms with Crippen molar-refractivity contribution in [3.8, 4) is 0 Å². The Kier molecular flexibility index (Phi) is 7.68. The molecule has 0 bridgehead atoms. The van der Waals surface area contributed by atoms with E-state index >= 15 is 0 Å². The highest BCUT2D eigenvalue weighted by Crippen LogP contribution is 2.43. The Bertz CT molecular complexity index is 858. The Morgan fingerprint density at radius 3 is 2.58 bits per heavy atom. The van der Waals surface area contributed by atoms with E-state index in [0.29, 0.717) is 24.3 Å². The van der Waals surface area contributed by atoms with Crippen LogP contribution in [0.3, 0.4) is 0 Å². The van der Waals surface area contributed by atoms with Gasteiger partial charge < -0.3 is 15.3 Å². The molecule has 0 aromatic carbocycles. The minimum atomic E-state index is -1.05. The minimum Gasteiger partial charge on any atom is -0.481 e. The summed E-state index contributed by atoms with van der Waals surface area (Å²) in [6, 6.07) is -0.297. The van der Waals surface area contributed by atoms with Gasteiger partial charge in [0.05, 0.1) is 27.8 Å². The van der Waals surface area contributed by atoms with E-state index in [1.807, 2.05) is 19.2 Å². The molecule has 1 heterocycles. The molecule has 2 N–H and O–H groups in total. The second kappa shape index (κ2) is 9.90. The van der Waals surface area contributed by atoms with Crippen LogP contribution in [-0.2, 0) is 15.6 Å². The van der Waals surface area contributed by atoms with E-state index in [-0.39, 0.29) is 30.2 Å². The Morgan fingerprint density at radius 1 is 1.35 bits per heavy atom. The molecule has 0 spiro atoms. The monoisotopic (exact) mass is 468 g/mol. The second-order valence-corrected chi connectivity index (χ2v) is 11.1. The van der Waals surface area contributed by atoms with Gasteiger partial charge in [0.1, 0.15) is 0 Å². The summed E-state index contributed by atoms with van der Waals surface area (Å²) in [4.78, 5) is 26.1. The number of aliphatic carboxylic acids is 1. The van der Waals surface area contributed by atoms with Crippen molar-refractivity contribution >= 4 is 34.4 Å². The lowest BCUT2D eigenvalue weighted by molar-refractivity contribution is -0.137. The van der Waals surface area contributed by atoms with Crippen LogP contribution in [0.25, 0.3) is 0 Å². The topological polar surface area (TPSA) is 86.7 Å². The SMILES string of the molecule is CC[C@@]1(C2=CC(Cl)=C(S(=O)C3CCCC3)CC2)NC(=O)N(CCC(=O)O)C=C1C(C)C. The first-order valence-corrected chi connectivity index (χ1v) is 12.8. The van der Waals surface area contributed by atoms with E-state index in [2.05, 4.69) is 19.2 Å². The predicted octanol–water partition coefficient (Wildman–Crippen LogP) is 5.04. The maximum absolute atomic E-state index is 13.0. The zero-order chi connectivity index (χ0) is 22.8. The van der Waals surface area contributed by atoms with Gasteiger partial charge in [-0.2, -0.15) is 0 Å². The van der Waals surface area contributed by atoms with Crippen LogP contribution in [0.1, 0.15) is 72.1 Å². The summed E-state index contributed by atoms with van der Waals surface area (Å²) < 4.78 is 13.0. The largest absolute Gasteiger partial charge is 0.481 e. The summed E-state index contributed by atoms with van der Waals surface area (Å²) in [6.45, 7) is 6.31. The number of amides is 2. The molecular formula is C23H33ClN2O4S. The van der Waals surface area contributed by atoms with Crippen molar-refractivity contribution in [1.29, 1.82) is 0 Å². The minimum absolute atomic E-state index is 0.109. The lowest BCUT2D eigenvalue weighted by Gasteiger charge is -2.46. The molecule has 0 aromatic heterocycles. The van der Waals surface area contributed by atoms with Gasteiger partial charge in [0.2, 0.25) is 0 Å². The molecule has 2 amide bonds. The van der Waals surface area contributed by atoms with Gasteiger partial charge in [-0.25, -0.2) is 4.79 Å². The summed E-state index contributed by atoms with van der Waals surface area (Å²) in [7, 11) is -1.05. The van der Waals surface area contributed by atoms with Crippen LogP contribution >= 0.6 is 11.6 Å². The van der Waals surface area contributed by atoms with Crippen molar-refractivity contribution in [2.45, 2.75) is 82.9 Å². The first-order chi connectivity index (χ1) is 14.7. The van der Waals surface area contributed by atoms with Crippen molar-refractivity contribution in [1.82, 2.24) is 10.2 Å². The van der Waals surface area contributed by atoms with Crippen LogP contribution in [0.4, 0.5) is 4.79 Å². The fraction of sp³-hybridized carbons (Fsp3) is 0.652. The van der Waals surface area contributed by atoms with Crippen molar-refractivity contribution in [3.63, 3.8) is 0 Å². The van der Waals surface area contributed by atoms with Crippen molar-refractivity contribution in [2.24, 2.45) is 5.92 Å². The van der Waals surface area contributed by atoms with Crippen LogP contribution < -0.4 is 5.32 Å². The number of hydrogen-bond acceptors (Lipinski definition) is 3. The average Bonchev–Trinajstić information content (AvgIpc) is 3.26. The molecule has 3 aliphatic rings. The van der Waals surface area contributed by atoms with Gasteiger partial charge in [-0.3, -0.25) is 9.00 Å². The van der Waals surface area contributed by atoms with Crippen molar-refractivity contribution < 1.29 is 18.9 Å². The summed E-state index contributed by atoms with van der Waals surface area (Å²) in [5, 5.41) is 12.9. The highest BCUT2D eigenvalue weighted by Gasteiger charge is 2.44. The van der Waals surface area contributed by atoms with Crippen LogP contribution in [0.2, 0.25) is 0 Å². The van der Waals surface area contributed by atoms with Crippen LogP contribution in [0.5, 0.6) is 0 Å². The molecule has 1 aliphatic heterocycles. The second-order valence-electron chi connectivity index (χ2n) is 8.91. The molecule has 3 rings (SSSR count). The van der Waals surface area contributed by atoms with E-state index < -0.39 is 22.3 Å². The molecular weight excluding hydrogens is 436 g/mol. The number of halogens is 1. The molecule has 0 radical (unpaired) electrons. The van der Waals surface area contributed by atoms with Crippen molar-refractivity contribution in [2.75, 3.05) is 6.54 Å². The fourth-order valence-electron chi connectivity index (χ4n) is 4.98. The van der Waals surface area contributed by atoms with Gasteiger partial charge in [0, 0.05) is 22.9 Å². The number of carboxylic acids is 1. The summed E-state index contributed by atoms with van der Waals surface area (Å²) in [5.74, 6) is -0.792. The number of nitrogens with zero attached hydrogens (tertiary/aromatic N) is 1. The van der Waals surface area contributed by atoms with E-state index in [0.717, 1.165) is 41.7 Å². The predicted molar refractivity (Wildman–Crippen MR) is 124 cm³/mol. The van der Waals surface area contributed by atoms with E-state index in [9.17, 15) is 13.8 Å². The summed E-state index contributed by atoms with van der Waals surface area (Å²) >= 11 is 6.67. The Balaban J connectivity index is 1.95. The van der Waals surface area contributed by atoms with Crippen LogP contribution in [0.15, 0.2) is 33.4 Å². The van der Waals surface area contributed by atoms with E-state index in [4.69, 9.17) is 16.7 Å². The van der Waals surface area contributed by atoms with E-state index in [1.54, 1.807) is 0 Å². The number of hydrogen-bond donors (Lipinski definition) is 2. The van der Waals surface area contributed by atoms with Gasteiger partial charge >= 0.3 is 12.0 Å². The third kappa shape index (κ3) is 4.92. The third-order valence-corrected chi connectivity index (χ3v) is 9.11. The van der Waals surface area contributed by atoms with Crippen LogP contribution in [0, 0.1) is 5.92 Å². The lowest BCUT2D eigenvalue weighted by Crippen LogP contribution is -2.59. The quantitative estimate of drug-likeness (QED) is 0.522. The highest BCUT2D eigenvalue weighted by molar-refractivity contribution is 7.89. The molecule has 8 heteroatoms. The molecule has 172 valence electrons. The molecule has 0 saturated heterocycles. The van der Waals surface area contributed by atoms with Gasteiger partial charge in [-0.05, 0) is 55.2 Å². The van der Waals surface area contributed by atoms with Gasteiger partial charge in [0.15, 0.2) is 0 Å². The van der Waals surface area contributed by atoms with Gasteiger partial charge in [-0.15, -0.1) is 0 Å². The lowest BCUT2D eigenvalue weighted by atomic mass is 9.72. The highest BCUT2D eigenvalue weighted by atomic mass is 35.5. The maximum Gasteiger partial charge on any atom is 0.322 e. The molecule has 1 unspecified atom stereocenters. The number of urea groups is 1. The van der Waals surface area contributed by atoms with E-state index in [1.165, 1.54) is 4.90 Å². The van der Waals surface area contributed by atoms with Crippen molar-refractivity contribution in [3.05, 3.63) is 33.4 Å². The zero-order valence-electron chi connectivity index (χ0n) is 18.6. The first-order valence-electron chi connectivity index (χ1n) is 11.2. The average molecular weight is 469 g/mol. The molecule has 6 nitrogen and oxygen atoms in total. The Hall–Kier alpha value is -1.60. The van der Waals surface area contributed by atoms with Gasteiger partial charge in [-0.1, -0.05) is 45.2 Å². The third-order valence-electron chi connectivity index (χ3n) is 6.67. The first kappa shape index (κ1) is 24.1. The Morgan fingerprint density at radius 2 is 2.03 bits per heavy atom. The molecule has 2 aliphatic carbocycles. The standard InChI is InChI=1S/C23H33ClN2O4S/c1-4-23(18(15(2)3)14-26(22(29)25-23)12-11-21(27)28)16-9-10-20(19(24)13-16)31(30)17-7-5-6-8-17/h13-15,17H,4-12H2,1-3H3,(H,25,29)(H,27,28)/t23-,31?/m0/s1. The smallest absolute Gasteiger partial charge is 0.322 e. The molecule has 0 aromatic rings. The number of carbonyl (C=O) groups excluding carboxylic acids is 1. The maximum atomic E-state index is 13.0. The number of carbonyl (C=O) groups is 2. The number of carboxylic acid groups (broad SMARTS) is 1. The number of allylic oxidation sites excluding steroid dienone is 3. The summed E-state index contributed by atoms with van der Waals surface area (Å²) in [6.07, 6.45) is 9.88. The molecule has 2 atom stereocenters. The normalized spacial score (nSPS) is 26.1. The number of nitrogens with one attached hydrogen (secondary N) is 1. The zero-order valence-corrected chi connectivity index (χ0v) is 20.2. The fourth-order valence-corrected chi connectivity index (χ4v) is 7.16. The molecule has 31 heavy (non-hydrogen) atoms. The summed E-state index contributed by atoms with van der Waals surface area (Å²) in [5.41, 5.74) is 1.40. The number of rotatable bonds is 8. The van der Waals surface area contributed by atoms with Crippen LogP contribution in [-0.4, -0.2) is 43.5 Å². The van der Waals surface area contributed by atoms with Gasteiger partial charge in [0.25, 0.3) is 0 Å². The molecule has 1 saturated carbocycles.